The molecule has 3 amide bonds. The van der Waals surface area contributed by atoms with Gasteiger partial charge in [-0.3, -0.25) is 14.5 Å². The molecule has 2 saturated carbocycles. The monoisotopic (exact) mass is 338 g/mol. The first-order valence-corrected chi connectivity index (χ1v) is 9.38. The average molecular weight is 338 g/mol. The van der Waals surface area contributed by atoms with E-state index in [1.54, 1.807) is 0 Å². The Labute approximate surface area is 146 Å². The SMILES string of the molecule is O=C(CN1C(=O)NC(C2CC2)(C2CC2)C1=O)c1ccc2c(c1)CCC2. The molecule has 1 aromatic carbocycles. The molecule has 4 aliphatic rings. The van der Waals surface area contributed by atoms with Crippen LogP contribution in [0, 0.1) is 11.8 Å². The van der Waals surface area contributed by atoms with Gasteiger partial charge in [-0.2, -0.15) is 0 Å². The van der Waals surface area contributed by atoms with E-state index in [1.165, 1.54) is 11.1 Å². The van der Waals surface area contributed by atoms with Crippen LogP contribution < -0.4 is 5.32 Å². The van der Waals surface area contributed by atoms with Crippen LogP contribution in [0.2, 0.25) is 0 Å². The maximum atomic E-state index is 13.0. The molecule has 5 heteroatoms. The molecule has 3 aliphatic carbocycles. The Morgan fingerprint density at radius 1 is 1.08 bits per heavy atom. The molecular weight excluding hydrogens is 316 g/mol. The number of nitrogens with one attached hydrogen (secondary N) is 1. The summed E-state index contributed by atoms with van der Waals surface area (Å²) in [6, 6.07) is 5.40. The number of Topliss-reactive ketones (excluding diaryl/α,β-unsaturated/α-hetero) is 1. The first-order chi connectivity index (χ1) is 12.1. The smallest absolute Gasteiger partial charge is 0.323 e. The number of carbonyl (C=O) groups excluding carboxylic acids is 3. The van der Waals surface area contributed by atoms with Crippen LogP contribution >= 0.6 is 0 Å². The van der Waals surface area contributed by atoms with Gasteiger partial charge in [0, 0.05) is 5.56 Å². The minimum atomic E-state index is -0.713. The van der Waals surface area contributed by atoms with Crippen molar-refractivity contribution in [2.45, 2.75) is 50.5 Å². The summed E-state index contributed by atoms with van der Waals surface area (Å²) in [6.07, 6.45) is 7.19. The predicted octanol–water partition coefficient (Wildman–Crippen LogP) is 2.47. The lowest BCUT2D eigenvalue weighted by Crippen LogP contribution is -2.51. The first-order valence-electron chi connectivity index (χ1n) is 9.38. The van der Waals surface area contributed by atoms with Crippen LogP contribution in [0.15, 0.2) is 18.2 Å². The number of hydrogen-bond acceptors (Lipinski definition) is 3. The number of benzene rings is 1. The summed E-state index contributed by atoms with van der Waals surface area (Å²) >= 11 is 0. The summed E-state index contributed by atoms with van der Waals surface area (Å²) in [5, 5.41) is 2.97. The zero-order chi connectivity index (χ0) is 17.2. The van der Waals surface area contributed by atoms with Gasteiger partial charge in [0.05, 0.1) is 6.54 Å². The van der Waals surface area contributed by atoms with Crippen molar-refractivity contribution in [3.8, 4) is 0 Å². The van der Waals surface area contributed by atoms with E-state index in [2.05, 4.69) is 5.32 Å². The summed E-state index contributed by atoms with van der Waals surface area (Å²) in [5.41, 5.74) is 2.44. The lowest BCUT2D eigenvalue weighted by atomic mass is 9.87. The molecule has 0 spiro atoms. The molecule has 25 heavy (non-hydrogen) atoms. The van der Waals surface area contributed by atoms with Crippen LogP contribution in [-0.4, -0.2) is 34.7 Å². The molecule has 1 heterocycles. The molecule has 0 radical (unpaired) electrons. The number of ketones is 1. The Balaban J connectivity index is 1.37. The fraction of sp³-hybridized carbons (Fsp3) is 0.550. The number of urea groups is 1. The van der Waals surface area contributed by atoms with Crippen LogP contribution in [0.4, 0.5) is 4.79 Å². The van der Waals surface area contributed by atoms with Gasteiger partial charge in [0.25, 0.3) is 5.91 Å². The lowest BCUT2D eigenvalue weighted by molar-refractivity contribution is -0.132. The van der Waals surface area contributed by atoms with E-state index in [0.29, 0.717) is 5.56 Å². The summed E-state index contributed by atoms with van der Waals surface area (Å²) in [7, 11) is 0. The van der Waals surface area contributed by atoms with Gasteiger partial charge in [0.1, 0.15) is 5.54 Å². The Hall–Kier alpha value is -2.17. The molecule has 0 bridgehead atoms. The minimum absolute atomic E-state index is 0.148. The van der Waals surface area contributed by atoms with Crippen molar-refractivity contribution >= 4 is 17.7 Å². The quantitative estimate of drug-likeness (QED) is 0.662. The third-order valence-corrected chi connectivity index (χ3v) is 6.32. The number of rotatable bonds is 5. The van der Waals surface area contributed by atoms with Crippen molar-refractivity contribution in [1.82, 2.24) is 10.2 Å². The van der Waals surface area contributed by atoms with Crippen LogP contribution in [-0.2, 0) is 17.6 Å². The summed E-state index contributed by atoms with van der Waals surface area (Å²) in [5.74, 6) is 0.200. The van der Waals surface area contributed by atoms with E-state index >= 15 is 0 Å². The van der Waals surface area contributed by atoms with Gasteiger partial charge in [-0.05, 0) is 74.0 Å². The normalized spacial score (nSPS) is 24.4. The third kappa shape index (κ3) is 2.25. The molecule has 0 unspecified atom stereocenters. The standard InChI is InChI=1S/C20H22N2O3/c23-17(14-5-4-12-2-1-3-13(12)10-14)11-22-18(24)20(15-6-7-15,16-8-9-16)21-19(22)25/h4-5,10,15-16H,1-3,6-9,11H2,(H,21,25). The van der Waals surface area contributed by atoms with E-state index in [4.69, 9.17) is 0 Å². The summed E-state index contributed by atoms with van der Waals surface area (Å²) < 4.78 is 0. The number of hydrogen-bond donors (Lipinski definition) is 1. The number of imide groups is 1. The van der Waals surface area contributed by atoms with Crippen molar-refractivity contribution in [2.24, 2.45) is 11.8 Å². The fourth-order valence-electron chi connectivity index (χ4n) is 4.70. The Morgan fingerprint density at radius 3 is 2.44 bits per heavy atom. The van der Waals surface area contributed by atoms with Gasteiger partial charge in [-0.1, -0.05) is 12.1 Å². The first kappa shape index (κ1) is 15.1. The topological polar surface area (TPSA) is 66.5 Å². The second-order valence-corrected chi connectivity index (χ2v) is 8.00. The largest absolute Gasteiger partial charge is 0.325 e. The van der Waals surface area contributed by atoms with Crippen molar-refractivity contribution in [2.75, 3.05) is 6.54 Å². The highest BCUT2D eigenvalue weighted by molar-refractivity contribution is 6.11. The Bertz CT molecular complexity index is 780. The summed E-state index contributed by atoms with van der Waals surface area (Å²) in [4.78, 5) is 39.4. The average Bonchev–Trinajstić information content (AvgIpc) is 3.53. The van der Waals surface area contributed by atoms with Crippen molar-refractivity contribution in [3.63, 3.8) is 0 Å². The van der Waals surface area contributed by atoms with E-state index in [0.717, 1.165) is 49.8 Å². The maximum absolute atomic E-state index is 13.0. The summed E-state index contributed by atoms with van der Waals surface area (Å²) in [6.45, 7) is -0.148. The Morgan fingerprint density at radius 2 is 1.76 bits per heavy atom. The van der Waals surface area contributed by atoms with Crippen LogP contribution in [0.25, 0.3) is 0 Å². The van der Waals surface area contributed by atoms with Gasteiger partial charge in [-0.15, -0.1) is 0 Å². The molecule has 1 saturated heterocycles. The predicted molar refractivity (Wildman–Crippen MR) is 91.2 cm³/mol. The van der Waals surface area contributed by atoms with E-state index in [1.807, 2.05) is 18.2 Å². The van der Waals surface area contributed by atoms with E-state index in [9.17, 15) is 14.4 Å². The number of aryl methyl sites for hydroxylation is 2. The molecule has 0 atom stereocenters. The number of carbonyl (C=O) groups is 3. The van der Waals surface area contributed by atoms with Crippen LogP contribution in [0.3, 0.4) is 0 Å². The molecule has 1 aliphatic heterocycles. The van der Waals surface area contributed by atoms with Crippen LogP contribution in [0.1, 0.15) is 53.6 Å². The van der Waals surface area contributed by atoms with Gasteiger partial charge >= 0.3 is 6.03 Å². The second-order valence-electron chi connectivity index (χ2n) is 8.00. The number of fused-ring (bicyclic) bond motifs is 1. The highest BCUT2D eigenvalue weighted by Gasteiger charge is 2.65. The molecule has 130 valence electrons. The second kappa shape index (κ2) is 5.16. The van der Waals surface area contributed by atoms with Gasteiger partial charge in [-0.25, -0.2) is 4.79 Å². The van der Waals surface area contributed by atoms with Crippen molar-refractivity contribution < 1.29 is 14.4 Å². The highest BCUT2D eigenvalue weighted by atomic mass is 16.2. The third-order valence-electron chi connectivity index (χ3n) is 6.32. The fourth-order valence-corrected chi connectivity index (χ4v) is 4.70. The minimum Gasteiger partial charge on any atom is -0.323 e. The van der Waals surface area contributed by atoms with Gasteiger partial charge < -0.3 is 5.32 Å². The van der Waals surface area contributed by atoms with E-state index in [-0.39, 0.29) is 30.1 Å². The number of amides is 3. The zero-order valence-electron chi connectivity index (χ0n) is 14.2. The molecule has 5 nitrogen and oxygen atoms in total. The van der Waals surface area contributed by atoms with Crippen molar-refractivity contribution in [1.29, 1.82) is 0 Å². The van der Waals surface area contributed by atoms with Crippen LogP contribution in [0.5, 0.6) is 0 Å². The maximum Gasteiger partial charge on any atom is 0.325 e. The highest BCUT2D eigenvalue weighted by Crippen LogP contribution is 2.54. The Kier molecular flexibility index (Phi) is 3.12. The van der Waals surface area contributed by atoms with Gasteiger partial charge in [0.15, 0.2) is 5.78 Å². The lowest BCUT2D eigenvalue weighted by Gasteiger charge is -2.26. The van der Waals surface area contributed by atoms with Gasteiger partial charge in [0.2, 0.25) is 0 Å². The molecule has 1 aromatic rings. The van der Waals surface area contributed by atoms with E-state index < -0.39 is 11.6 Å². The molecular formula is C20H22N2O3. The molecule has 0 aromatic heterocycles. The number of nitrogens with zero attached hydrogens (tertiary/aromatic N) is 1. The zero-order valence-corrected chi connectivity index (χ0v) is 14.2. The van der Waals surface area contributed by atoms with Crippen molar-refractivity contribution in [3.05, 3.63) is 34.9 Å². The molecule has 5 rings (SSSR count). The molecule has 1 N–H and O–H groups in total. The molecule has 3 fully saturated rings.